The minimum Gasteiger partial charge on any atom is -0.478 e. The van der Waals surface area contributed by atoms with Crippen molar-refractivity contribution in [3.05, 3.63) is 64.8 Å². The fourth-order valence-corrected chi connectivity index (χ4v) is 3.45. The maximum absolute atomic E-state index is 13.3. The second kappa shape index (κ2) is 6.67. The summed E-state index contributed by atoms with van der Waals surface area (Å²) in [5, 5.41) is 10.5. The Morgan fingerprint density at radius 3 is 2.38 bits per heavy atom. The molecule has 0 spiro atoms. The van der Waals surface area contributed by atoms with Gasteiger partial charge in [0.15, 0.2) is 5.78 Å². The Morgan fingerprint density at radius 2 is 1.77 bits per heavy atom. The molecule has 134 valence electrons. The summed E-state index contributed by atoms with van der Waals surface area (Å²) < 4.78 is 2.08. The zero-order chi connectivity index (χ0) is 19.0. The van der Waals surface area contributed by atoms with E-state index in [9.17, 15) is 14.7 Å². The molecule has 0 saturated heterocycles. The Hall–Kier alpha value is -3.08. The summed E-state index contributed by atoms with van der Waals surface area (Å²) in [5.74, 6) is -1.36. The standard InChI is InChI=1S/C21H22N2O3/c1-5-23-13(2)19(16-8-6-7-9-18(16)23)20(24)15-11-10-14(22(3)4)12-17(15)21(25)26/h6-12H,5H2,1-4H3,(H,25,26). The van der Waals surface area contributed by atoms with Crippen LogP contribution in [0, 0.1) is 6.92 Å². The number of anilines is 1. The molecule has 0 bridgehead atoms. The average molecular weight is 350 g/mol. The predicted octanol–water partition coefficient (Wildman–Crippen LogP) is 3.96. The van der Waals surface area contributed by atoms with Crippen LogP contribution < -0.4 is 4.90 Å². The predicted molar refractivity (Wildman–Crippen MR) is 104 cm³/mol. The van der Waals surface area contributed by atoms with Crippen LogP contribution in [0.15, 0.2) is 42.5 Å². The number of rotatable bonds is 5. The van der Waals surface area contributed by atoms with Gasteiger partial charge in [0.2, 0.25) is 0 Å². The molecule has 0 fully saturated rings. The molecule has 3 rings (SSSR count). The molecule has 3 aromatic rings. The van der Waals surface area contributed by atoms with Crippen LogP contribution in [0.4, 0.5) is 5.69 Å². The first-order chi connectivity index (χ1) is 12.4. The third-order valence-electron chi connectivity index (χ3n) is 4.77. The second-order valence-corrected chi connectivity index (χ2v) is 6.48. The third kappa shape index (κ3) is 2.75. The van der Waals surface area contributed by atoms with Crippen molar-refractivity contribution in [3.63, 3.8) is 0 Å². The number of hydrogen-bond acceptors (Lipinski definition) is 3. The summed E-state index contributed by atoms with van der Waals surface area (Å²) in [6.45, 7) is 4.68. The highest BCUT2D eigenvalue weighted by Crippen LogP contribution is 2.30. The quantitative estimate of drug-likeness (QED) is 0.708. The Balaban J connectivity index is 2.24. The Morgan fingerprint density at radius 1 is 1.08 bits per heavy atom. The summed E-state index contributed by atoms with van der Waals surface area (Å²) in [6, 6.07) is 12.7. The highest BCUT2D eigenvalue weighted by molar-refractivity contribution is 6.20. The first-order valence-corrected chi connectivity index (χ1v) is 8.54. The van der Waals surface area contributed by atoms with Crippen LogP contribution in [0.2, 0.25) is 0 Å². The molecular weight excluding hydrogens is 328 g/mol. The Kier molecular flexibility index (Phi) is 4.55. The third-order valence-corrected chi connectivity index (χ3v) is 4.77. The van der Waals surface area contributed by atoms with Gasteiger partial charge in [-0.2, -0.15) is 0 Å². The number of fused-ring (bicyclic) bond motifs is 1. The second-order valence-electron chi connectivity index (χ2n) is 6.48. The number of carboxylic acids is 1. The summed E-state index contributed by atoms with van der Waals surface area (Å²) in [4.78, 5) is 26.9. The number of aromatic nitrogens is 1. The molecule has 5 heteroatoms. The van der Waals surface area contributed by atoms with E-state index in [1.807, 2.05) is 57.1 Å². The van der Waals surface area contributed by atoms with Crippen molar-refractivity contribution in [1.29, 1.82) is 0 Å². The molecular formula is C21H22N2O3. The van der Waals surface area contributed by atoms with Gasteiger partial charge in [0.25, 0.3) is 0 Å². The monoisotopic (exact) mass is 350 g/mol. The van der Waals surface area contributed by atoms with Crippen molar-refractivity contribution >= 4 is 28.3 Å². The van der Waals surface area contributed by atoms with E-state index in [1.165, 1.54) is 0 Å². The van der Waals surface area contributed by atoms with Crippen LogP contribution >= 0.6 is 0 Å². The lowest BCUT2D eigenvalue weighted by Crippen LogP contribution is -2.14. The van der Waals surface area contributed by atoms with E-state index < -0.39 is 5.97 Å². The van der Waals surface area contributed by atoms with Gasteiger partial charge in [0.05, 0.1) is 11.1 Å². The average Bonchev–Trinajstić information content (AvgIpc) is 2.91. The van der Waals surface area contributed by atoms with Crippen LogP contribution in [-0.2, 0) is 6.54 Å². The lowest BCUT2D eigenvalue weighted by molar-refractivity contribution is 0.0693. The van der Waals surface area contributed by atoms with E-state index in [4.69, 9.17) is 0 Å². The van der Waals surface area contributed by atoms with Crippen molar-refractivity contribution in [2.75, 3.05) is 19.0 Å². The van der Waals surface area contributed by atoms with Gasteiger partial charge >= 0.3 is 5.97 Å². The van der Waals surface area contributed by atoms with Crippen molar-refractivity contribution in [2.24, 2.45) is 0 Å². The molecule has 5 nitrogen and oxygen atoms in total. The van der Waals surface area contributed by atoms with E-state index in [-0.39, 0.29) is 16.9 Å². The zero-order valence-electron chi connectivity index (χ0n) is 15.4. The van der Waals surface area contributed by atoms with Gasteiger partial charge < -0.3 is 14.6 Å². The smallest absolute Gasteiger partial charge is 0.336 e. The molecule has 0 unspecified atom stereocenters. The molecule has 0 amide bonds. The maximum atomic E-state index is 13.3. The van der Waals surface area contributed by atoms with Gasteiger partial charge in [-0.1, -0.05) is 18.2 Å². The van der Waals surface area contributed by atoms with Crippen LogP contribution in [0.25, 0.3) is 10.9 Å². The van der Waals surface area contributed by atoms with Gasteiger partial charge in [0, 0.05) is 48.5 Å². The zero-order valence-corrected chi connectivity index (χ0v) is 15.4. The minimum atomic E-state index is -1.10. The fraction of sp³-hybridized carbons (Fsp3) is 0.238. The molecule has 1 N–H and O–H groups in total. The molecule has 1 heterocycles. The molecule has 0 aliphatic rings. The molecule has 0 aliphatic heterocycles. The lowest BCUT2D eigenvalue weighted by Gasteiger charge is -2.15. The number of para-hydroxylation sites is 1. The van der Waals surface area contributed by atoms with Crippen molar-refractivity contribution in [1.82, 2.24) is 4.57 Å². The number of nitrogens with zero attached hydrogens (tertiary/aromatic N) is 2. The molecule has 2 aromatic carbocycles. The van der Waals surface area contributed by atoms with Gasteiger partial charge in [-0.3, -0.25) is 4.79 Å². The molecule has 26 heavy (non-hydrogen) atoms. The minimum absolute atomic E-state index is 0.0222. The first-order valence-electron chi connectivity index (χ1n) is 8.54. The topological polar surface area (TPSA) is 62.5 Å². The van der Waals surface area contributed by atoms with Crippen LogP contribution in [0.1, 0.15) is 38.9 Å². The normalized spacial score (nSPS) is 10.9. The summed E-state index contributed by atoms with van der Waals surface area (Å²) in [7, 11) is 3.67. The molecule has 0 aliphatic carbocycles. The Bertz CT molecular complexity index is 1020. The van der Waals surface area contributed by atoms with E-state index in [0.717, 1.165) is 28.8 Å². The Labute approximate surface area is 152 Å². The van der Waals surface area contributed by atoms with Crippen molar-refractivity contribution in [2.45, 2.75) is 20.4 Å². The number of carbonyl (C=O) groups excluding carboxylic acids is 1. The summed E-state index contributed by atoms with van der Waals surface area (Å²) >= 11 is 0. The van der Waals surface area contributed by atoms with Crippen LogP contribution in [0.5, 0.6) is 0 Å². The van der Waals surface area contributed by atoms with E-state index in [1.54, 1.807) is 18.2 Å². The largest absolute Gasteiger partial charge is 0.478 e. The number of benzene rings is 2. The molecule has 1 aromatic heterocycles. The summed E-state index contributed by atoms with van der Waals surface area (Å²) in [6.07, 6.45) is 0. The van der Waals surface area contributed by atoms with E-state index in [2.05, 4.69) is 4.57 Å². The first kappa shape index (κ1) is 17.7. The summed E-state index contributed by atoms with van der Waals surface area (Å²) in [5.41, 5.74) is 3.39. The van der Waals surface area contributed by atoms with Crippen molar-refractivity contribution in [3.8, 4) is 0 Å². The van der Waals surface area contributed by atoms with Gasteiger partial charge in [0.1, 0.15) is 0 Å². The van der Waals surface area contributed by atoms with Crippen LogP contribution in [0.3, 0.4) is 0 Å². The molecule has 0 saturated carbocycles. The number of aromatic carboxylic acids is 1. The number of ketones is 1. The lowest BCUT2D eigenvalue weighted by atomic mass is 9.95. The maximum Gasteiger partial charge on any atom is 0.336 e. The SMILES string of the molecule is CCn1c(C)c(C(=O)c2ccc(N(C)C)cc2C(=O)O)c2ccccc21. The van der Waals surface area contributed by atoms with Gasteiger partial charge in [-0.05, 0) is 38.1 Å². The van der Waals surface area contributed by atoms with Gasteiger partial charge in [-0.25, -0.2) is 4.79 Å². The van der Waals surface area contributed by atoms with Gasteiger partial charge in [-0.15, -0.1) is 0 Å². The van der Waals surface area contributed by atoms with E-state index >= 15 is 0 Å². The number of hydrogen-bond donors (Lipinski definition) is 1. The highest BCUT2D eigenvalue weighted by Gasteiger charge is 2.24. The number of carbonyl (C=O) groups is 2. The number of aryl methyl sites for hydroxylation is 1. The van der Waals surface area contributed by atoms with Crippen LogP contribution in [-0.4, -0.2) is 35.5 Å². The molecule has 0 atom stereocenters. The fourth-order valence-electron chi connectivity index (χ4n) is 3.45. The van der Waals surface area contributed by atoms with Crippen molar-refractivity contribution < 1.29 is 14.7 Å². The molecule has 0 radical (unpaired) electrons. The number of carboxylic acid groups (broad SMARTS) is 1. The highest BCUT2D eigenvalue weighted by atomic mass is 16.4. The van der Waals surface area contributed by atoms with E-state index in [0.29, 0.717) is 5.56 Å².